The molecule has 0 bridgehead atoms. The van der Waals surface area contributed by atoms with Gasteiger partial charge in [0.15, 0.2) is 0 Å². The summed E-state index contributed by atoms with van der Waals surface area (Å²) in [5, 5.41) is 15.3. The predicted octanol–water partition coefficient (Wildman–Crippen LogP) is 8.21. The zero-order chi connectivity index (χ0) is 20.6. The van der Waals surface area contributed by atoms with Crippen LogP contribution in [0.2, 0.25) is 0 Å². The number of nitrogens with zero attached hydrogens (tertiary/aromatic N) is 1. The summed E-state index contributed by atoms with van der Waals surface area (Å²) >= 11 is 0. The van der Waals surface area contributed by atoms with Crippen LogP contribution in [0.25, 0.3) is 5.73 Å². The summed E-state index contributed by atoms with van der Waals surface area (Å²) in [6.07, 6.45) is 18.0. The first kappa shape index (κ1) is 56.1. The van der Waals surface area contributed by atoms with Crippen molar-refractivity contribution < 1.29 is 50.3 Å². The first-order chi connectivity index (χ1) is 13.6. The molecule has 1 aromatic rings. The van der Waals surface area contributed by atoms with Gasteiger partial charge < -0.3 is 53.5 Å². The van der Waals surface area contributed by atoms with Gasteiger partial charge in [0.25, 0.3) is 0 Å². The Kier molecular flexibility index (Phi) is 57.6. The summed E-state index contributed by atoms with van der Waals surface area (Å²) in [4.78, 5) is 1.57. The first-order valence-corrected chi connectivity index (χ1v) is 11.0. The van der Waals surface area contributed by atoms with Gasteiger partial charge in [-0.05, 0) is 6.54 Å². The minimum absolute atomic E-state index is 0. The number of benzene rings is 1. The van der Waals surface area contributed by atoms with Crippen LogP contribution < -0.4 is 5.73 Å². The zero-order valence-corrected chi connectivity index (χ0v) is 26.7. The van der Waals surface area contributed by atoms with Gasteiger partial charge >= 0.3 is 50.3 Å². The molecule has 222 valence electrons. The quantitative estimate of drug-likeness (QED) is 0.212. The Balaban J connectivity index is -0.0000000472. The average molecular weight is 643 g/mol. The Bertz CT molecular complexity index is 511. The first-order valence-electron chi connectivity index (χ1n) is 11.0. The van der Waals surface area contributed by atoms with E-state index >= 15 is 0 Å². The molecule has 3 saturated carbocycles. The second kappa shape index (κ2) is 37.0. The van der Waals surface area contributed by atoms with Gasteiger partial charge in [-0.25, -0.2) is 0 Å². The Morgan fingerprint density at radius 1 is 0.694 bits per heavy atom. The third kappa shape index (κ3) is 23.0. The Hall–Kier alpha value is -0.201. The fraction of sp³-hybridized carbons (Fsp3) is 0.536. The molecule has 4 aliphatic rings. The van der Waals surface area contributed by atoms with Crippen LogP contribution in [-0.2, 0) is 50.3 Å². The molecule has 0 atom stereocenters. The van der Waals surface area contributed by atoms with Gasteiger partial charge in [-0.1, -0.05) is 101 Å². The molecule has 1 aliphatic heterocycles. The molecule has 8 heteroatoms. The number of amidine groups is 2. The molecule has 1 heterocycles. The molecule has 5 nitrogen and oxygen atoms in total. The van der Waals surface area contributed by atoms with Crippen LogP contribution >= 0.6 is 0 Å². The standard InChI is InChI=1S/C9H9N3.3C4H8.C2H7N2.5CH3.Co.Cu.Ni/c1-12-8(10)6-4-2-3-5-7(6)9(12)11;3*1-2-4-3-1;3-1-2-4;;;;;;;;/h2-5,10-11H,1H3;3*1-4H2;3H,1-2,4H2;5*1H3;;;/q;;;;6*-1;3*+2. The molecular weight excluding hydrogens is 588 g/mol. The van der Waals surface area contributed by atoms with Crippen molar-refractivity contribution in [2.45, 2.75) is 77.0 Å². The molecule has 0 aromatic heterocycles. The molecule has 5 N–H and O–H groups in total. The maximum absolute atomic E-state index is 7.65. The fourth-order valence-corrected chi connectivity index (χ4v) is 2.12. The summed E-state index contributed by atoms with van der Waals surface area (Å²) in [6, 6.07) is 7.52. The molecular formula is C28H55CoCuN5Ni. The number of rotatable bonds is 1. The van der Waals surface area contributed by atoms with E-state index < -0.39 is 0 Å². The minimum atomic E-state index is 0. The van der Waals surface area contributed by atoms with Gasteiger partial charge in [0.05, 0.1) is 0 Å². The Morgan fingerprint density at radius 2 is 0.889 bits per heavy atom. The molecule has 3 aliphatic carbocycles. The molecule has 3 fully saturated rings. The van der Waals surface area contributed by atoms with Gasteiger partial charge in [0.1, 0.15) is 11.7 Å². The molecule has 0 unspecified atom stereocenters. The number of hydrogen-bond acceptors (Lipinski definition) is 3. The minimum Gasteiger partial charge on any atom is -0.676 e. The normalized spacial score (nSPS) is 13.9. The van der Waals surface area contributed by atoms with Crippen molar-refractivity contribution in [2.24, 2.45) is 5.73 Å². The van der Waals surface area contributed by atoms with Gasteiger partial charge in [-0.15, -0.1) is 6.54 Å². The SMILES string of the molecule is C1CCC1.C1CCC1.C1CCC1.CN1C(=N)c2ccccc2C1=N.[CH3-].[CH3-].[CH3-].[CH3-].[CH3-].[Co+2].[Cu+2].[NH-]CCN.[Ni+2]. The smallest absolute Gasteiger partial charge is 0.676 e. The molecule has 36 heavy (non-hydrogen) atoms. The van der Waals surface area contributed by atoms with Crippen LogP contribution in [0, 0.1) is 48.0 Å². The molecule has 0 spiro atoms. The van der Waals surface area contributed by atoms with Gasteiger partial charge in [-0.3, -0.25) is 10.8 Å². The maximum Gasteiger partial charge on any atom is 2.00 e. The van der Waals surface area contributed by atoms with Crippen molar-refractivity contribution in [2.75, 3.05) is 20.1 Å². The number of fused-ring (bicyclic) bond motifs is 1. The van der Waals surface area contributed by atoms with E-state index in [4.69, 9.17) is 22.3 Å². The van der Waals surface area contributed by atoms with Gasteiger partial charge in [0.2, 0.25) is 0 Å². The topological polar surface area (TPSA) is 101 Å². The molecule has 0 amide bonds. The van der Waals surface area contributed by atoms with E-state index in [9.17, 15) is 0 Å². The molecule has 5 rings (SSSR count). The van der Waals surface area contributed by atoms with Crippen LogP contribution in [0.4, 0.5) is 0 Å². The third-order valence-electron chi connectivity index (χ3n) is 5.25. The summed E-state index contributed by atoms with van der Waals surface area (Å²) in [6.45, 7) is 0.833. The van der Waals surface area contributed by atoms with E-state index in [1.807, 2.05) is 24.3 Å². The number of nitrogens with one attached hydrogen (secondary N) is 3. The average Bonchev–Trinajstić information content (AvgIpc) is 2.76. The van der Waals surface area contributed by atoms with Crippen LogP contribution in [-0.4, -0.2) is 36.7 Å². The predicted molar refractivity (Wildman–Crippen MR) is 154 cm³/mol. The van der Waals surface area contributed by atoms with Crippen molar-refractivity contribution in [1.29, 1.82) is 10.8 Å². The van der Waals surface area contributed by atoms with Crippen molar-refractivity contribution in [3.05, 3.63) is 78.3 Å². The van der Waals surface area contributed by atoms with Gasteiger partial charge in [0, 0.05) is 18.2 Å². The molecule has 0 saturated heterocycles. The van der Waals surface area contributed by atoms with E-state index in [0.717, 1.165) is 11.1 Å². The van der Waals surface area contributed by atoms with Gasteiger partial charge in [-0.2, -0.15) is 0 Å². The molecule has 1 aromatic carbocycles. The van der Waals surface area contributed by atoms with E-state index in [1.165, 1.54) is 77.0 Å². The summed E-state index contributed by atoms with van der Waals surface area (Å²) in [5.74, 6) is 0.825. The van der Waals surface area contributed by atoms with Crippen LogP contribution in [0.5, 0.6) is 0 Å². The van der Waals surface area contributed by atoms with E-state index in [0.29, 0.717) is 24.8 Å². The van der Waals surface area contributed by atoms with Crippen molar-refractivity contribution in [1.82, 2.24) is 4.90 Å². The van der Waals surface area contributed by atoms with Crippen molar-refractivity contribution in [3.8, 4) is 0 Å². The summed E-state index contributed by atoms with van der Waals surface area (Å²) < 4.78 is 0. The summed E-state index contributed by atoms with van der Waals surface area (Å²) in [7, 11) is 1.74. The number of hydrogen-bond donors (Lipinski definition) is 3. The zero-order valence-electron chi connectivity index (χ0n) is 23.7. The Morgan fingerprint density at radius 3 is 1.03 bits per heavy atom. The van der Waals surface area contributed by atoms with E-state index in [-0.39, 0.29) is 87.5 Å². The third-order valence-corrected chi connectivity index (χ3v) is 5.25. The van der Waals surface area contributed by atoms with E-state index in [2.05, 4.69) is 0 Å². The van der Waals surface area contributed by atoms with Crippen molar-refractivity contribution >= 4 is 11.7 Å². The number of nitrogens with two attached hydrogens (primary N) is 1. The van der Waals surface area contributed by atoms with E-state index in [1.54, 1.807) is 11.9 Å². The second-order valence-corrected chi connectivity index (χ2v) is 7.58. The molecule has 2 radical (unpaired) electrons. The monoisotopic (exact) mass is 641 g/mol. The van der Waals surface area contributed by atoms with Crippen LogP contribution in [0.15, 0.2) is 24.3 Å². The largest absolute Gasteiger partial charge is 2.00 e. The Labute approximate surface area is 257 Å². The van der Waals surface area contributed by atoms with Crippen molar-refractivity contribution in [3.63, 3.8) is 0 Å². The fourth-order valence-electron chi connectivity index (χ4n) is 2.12. The second-order valence-electron chi connectivity index (χ2n) is 7.58. The van der Waals surface area contributed by atoms with Crippen LogP contribution in [0.3, 0.4) is 0 Å². The summed E-state index contributed by atoms with van der Waals surface area (Å²) in [5.41, 5.74) is 12.9. The van der Waals surface area contributed by atoms with Crippen LogP contribution in [0.1, 0.15) is 88.2 Å². The maximum atomic E-state index is 7.65.